The Morgan fingerprint density at radius 1 is 1.11 bits per heavy atom. The van der Waals surface area contributed by atoms with E-state index in [1.54, 1.807) is 6.07 Å². The van der Waals surface area contributed by atoms with Gasteiger partial charge >= 0.3 is 10.5 Å². The molecule has 9 heteroatoms. The van der Waals surface area contributed by atoms with Crippen LogP contribution in [0.15, 0.2) is 36.4 Å². The second-order valence-corrected chi connectivity index (χ2v) is 8.79. The summed E-state index contributed by atoms with van der Waals surface area (Å²) in [5.74, 6) is -0.455. The molecule has 0 unspecified atom stereocenters. The zero-order valence-corrected chi connectivity index (χ0v) is 16.0. The maximum absolute atomic E-state index is 12.7. The van der Waals surface area contributed by atoms with Gasteiger partial charge in [-0.3, -0.25) is 19.4 Å². The summed E-state index contributed by atoms with van der Waals surface area (Å²) < 4.78 is 38.2. The third-order valence-corrected chi connectivity index (χ3v) is 6.35. The minimum absolute atomic E-state index is 0.0121. The summed E-state index contributed by atoms with van der Waals surface area (Å²) in [7, 11) is -5.03. The van der Waals surface area contributed by atoms with Crippen LogP contribution < -0.4 is 4.18 Å². The lowest BCUT2D eigenvalue weighted by atomic mass is 9.60. The molecule has 1 aliphatic carbocycles. The van der Waals surface area contributed by atoms with Gasteiger partial charge in [0.2, 0.25) is 0 Å². The third kappa shape index (κ3) is 3.95. The number of carbonyl (C=O) groups is 2. The zero-order chi connectivity index (χ0) is 19.9. The molecule has 7 nitrogen and oxygen atoms in total. The molecule has 1 saturated heterocycles. The summed E-state index contributed by atoms with van der Waals surface area (Å²) in [5, 5.41) is 0. The van der Waals surface area contributed by atoms with Crippen LogP contribution in [0.4, 0.5) is 3.89 Å². The van der Waals surface area contributed by atoms with Gasteiger partial charge in [0.1, 0.15) is 5.75 Å². The Kier molecular flexibility index (Phi) is 4.75. The molecule has 2 fully saturated rings. The summed E-state index contributed by atoms with van der Waals surface area (Å²) in [6, 6.07) is 6.42. The number of piperidine rings is 1. The van der Waals surface area contributed by atoms with Gasteiger partial charge in [-0.15, -0.1) is 0 Å². The fraction of sp³-hybridized carbons (Fsp3) is 0.474. The van der Waals surface area contributed by atoms with Crippen LogP contribution in [0.1, 0.15) is 31.2 Å². The Morgan fingerprint density at radius 3 is 2.36 bits per heavy atom. The first-order chi connectivity index (χ1) is 13.2. The van der Waals surface area contributed by atoms with E-state index in [0.717, 1.165) is 44.3 Å². The Balaban J connectivity index is 1.29. The first-order valence-electron chi connectivity index (χ1n) is 9.24. The number of hydrogen-bond acceptors (Lipinski definition) is 6. The monoisotopic (exact) mass is 408 g/mol. The standard InChI is InChI=1S/C19H21FN2O5S/c20-28(25,26)27-16-3-1-2-14(10-16)13-21-8-6-19(7-9-21)11-15(12-19)22-17(23)4-5-18(22)24/h1-5,10,15H,6-9,11-13H2. The lowest BCUT2D eigenvalue weighted by Gasteiger charge is -2.54. The van der Waals surface area contributed by atoms with E-state index in [-0.39, 0.29) is 29.0 Å². The van der Waals surface area contributed by atoms with Gasteiger partial charge in [0.25, 0.3) is 11.8 Å². The van der Waals surface area contributed by atoms with Crippen molar-refractivity contribution in [2.45, 2.75) is 38.3 Å². The Morgan fingerprint density at radius 2 is 1.75 bits per heavy atom. The molecule has 1 spiro atoms. The lowest BCUT2D eigenvalue weighted by Crippen LogP contribution is -2.56. The van der Waals surface area contributed by atoms with E-state index in [1.165, 1.54) is 29.2 Å². The smallest absolute Gasteiger partial charge is 0.358 e. The minimum atomic E-state index is -5.03. The van der Waals surface area contributed by atoms with Gasteiger partial charge in [-0.25, -0.2) is 0 Å². The molecule has 1 saturated carbocycles. The zero-order valence-electron chi connectivity index (χ0n) is 15.2. The van der Waals surface area contributed by atoms with Crippen LogP contribution in [0.5, 0.6) is 5.75 Å². The summed E-state index contributed by atoms with van der Waals surface area (Å²) in [6.45, 7) is 2.37. The van der Waals surface area contributed by atoms with Crippen molar-refractivity contribution in [2.75, 3.05) is 13.1 Å². The van der Waals surface area contributed by atoms with Gasteiger partial charge in [0.05, 0.1) is 0 Å². The number of rotatable bonds is 5. The number of hydrogen-bond donors (Lipinski definition) is 0. The number of halogens is 1. The van der Waals surface area contributed by atoms with E-state index >= 15 is 0 Å². The van der Waals surface area contributed by atoms with Crippen LogP contribution in [0.25, 0.3) is 0 Å². The summed E-state index contributed by atoms with van der Waals surface area (Å²) in [5.41, 5.74) is 1.04. The molecule has 0 radical (unpaired) electrons. The van der Waals surface area contributed by atoms with Crippen molar-refractivity contribution < 1.29 is 26.1 Å². The highest BCUT2D eigenvalue weighted by Gasteiger charge is 2.50. The molecule has 0 aromatic heterocycles. The predicted octanol–water partition coefficient (Wildman–Crippen LogP) is 1.95. The van der Waals surface area contributed by atoms with Crippen molar-refractivity contribution in [3.63, 3.8) is 0 Å². The van der Waals surface area contributed by atoms with Crippen LogP contribution >= 0.6 is 0 Å². The molecule has 0 atom stereocenters. The molecule has 2 amide bonds. The average Bonchev–Trinajstić information content (AvgIpc) is 2.91. The first kappa shape index (κ1) is 19.1. The molecule has 150 valence electrons. The van der Waals surface area contributed by atoms with Crippen LogP contribution in [-0.4, -0.2) is 49.2 Å². The Bertz CT molecular complexity index is 911. The molecular weight excluding hydrogens is 387 g/mol. The largest absolute Gasteiger partial charge is 0.488 e. The fourth-order valence-electron chi connectivity index (χ4n) is 4.56. The average molecular weight is 408 g/mol. The first-order valence-corrected chi connectivity index (χ1v) is 10.5. The molecule has 1 aromatic rings. The van der Waals surface area contributed by atoms with Gasteiger partial charge in [-0.05, 0) is 61.9 Å². The van der Waals surface area contributed by atoms with E-state index in [2.05, 4.69) is 9.08 Å². The van der Waals surface area contributed by atoms with Crippen molar-refractivity contribution in [1.82, 2.24) is 9.80 Å². The van der Waals surface area contributed by atoms with Crippen molar-refractivity contribution in [2.24, 2.45) is 5.41 Å². The Hall–Kier alpha value is -2.26. The molecule has 28 heavy (non-hydrogen) atoms. The molecular formula is C19H21FN2O5S. The lowest BCUT2D eigenvalue weighted by molar-refractivity contribution is -0.146. The van der Waals surface area contributed by atoms with Crippen molar-refractivity contribution in [1.29, 1.82) is 0 Å². The summed E-state index contributed by atoms with van der Waals surface area (Å²) >= 11 is 0. The van der Waals surface area contributed by atoms with Gasteiger partial charge in [-0.2, -0.15) is 8.42 Å². The molecule has 3 aliphatic rings. The number of amides is 2. The maximum atomic E-state index is 12.7. The van der Waals surface area contributed by atoms with Gasteiger partial charge < -0.3 is 4.18 Å². The number of carbonyl (C=O) groups excluding carboxylic acids is 2. The number of imide groups is 1. The van der Waals surface area contributed by atoms with Crippen LogP contribution in [0.3, 0.4) is 0 Å². The summed E-state index contributed by atoms with van der Waals surface area (Å²) in [4.78, 5) is 27.2. The number of nitrogens with zero attached hydrogens (tertiary/aromatic N) is 2. The van der Waals surface area contributed by atoms with Crippen LogP contribution in [0, 0.1) is 5.41 Å². The van der Waals surface area contributed by atoms with Crippen molar-refractivity contribution in [3.8, 4) is 5.75 Å². The normalized spacial score (nSPS) is 22.7. The quantitative estimate of drug-likeness (QED) is 0.547. The van der Waals surface area contributed by atoms with E-state index in [1.807, 2.05) is 6.07 Å². The highest BCUT2D eigenvalue weighted by molar-refractivity contribution is 7.81. The van der Waals surface area contributed by atoms with Crippen LogP contribution in [0.2, 0.25) is 0 Å². The highest BCUT2D eigenvalue weighted by atomic mass is 32.3. The molecule has 4 rings (SSSR count). The van der Waals surface area contributed by atoms with Crippen LogP contribution in [-0.2, 0) is 26.6 Å². The number of likely N-dealkylation sites (tertiary alicyclic amines) is 1. The topological polar surface area (TPSA) is 84.0 Å². The molecule has 0 N–H and O–H groups in total. The Labute approximate surface area is 163 Å². The maximum Gasteiger partial charge on any atom is 0.488 e. The summed E-state index contributed by atoms with van der Waals surface area (Å²) in [6.07, 6.45) is 6.36. The van der Waals surface area contributed by atoms with Gasteiger partial charge in [0, 0.05) is 24.7 Å². The van der Waals surface area contributed by atoms with E-state index in [0.29, 0.717) is 6.54 Å². The van der Waals surface area contributed by atoms with Crippen molar-refractivity contribution in [3.05, 3.63) is 42.0 Å². The second kappa shape index (κ2) is 6.97. The predicted molar refractivity (Wildman–Crippen MR) is 98.1 cm³/mol. The molecule has 2 aliphatic heterocycles. The second-order valence-electron chi connectivity index (χ2n) is 7.84. The highest BCUT2D eigenvalue weighted by Crippen LogP contribution is 2.51. The molecule has 1 aromatic carbocycles. The third-order valence-electron chi connectivity index (χ3n) is 5.96. The van der Waals surface area contributed by atoms with E-state index in [9.17, 15) is 21.9 Å². The van der Waals surface area contributed by atoms with E-state index < -0.39 is 10.5 Å². The van der Waals surface area contributed by atoms with Gasteiger partial charge in [0.15, 0.2) is 0 Å². The molecule has 0 bridgehead atoms. The van der Waals surface area contributed by atoms with Gasteiger partial charge in [-0.1, -0.05) is 16.0 Å². The fourth-order valence-corrected chi connectivity index (χ4v) is 4.89. The SMILES string of the molecule is O=C1C=CC(=O)N1C1CC2(CCN(Cc3cccc(OS(=O)(=O)F)c3)CC2)C1. The van der Waals surface area contributed by atoms with E-state index in [4.69, 9.17) is 0 Å². The number of benzene rings is 1. The van der Waals surface area contributed by atoms with Crippen molar-refractivity contribution >= 4 is 22.3 Å². The minimum Gasteiger partial charge on any atom is -0.358 e. The molecule has 2 heterocycles.